The lowest BCUT2D eigenvalue weighted by Crippen LogP contribution is -2.21. The highest BCUT2D eigenvalue weighted by Gasteiger charge is 2.12. The van der Waals surface area contributed by atoms with Crippen LogP contribution in [0.2, 0.25) is 0 Å². The fraction of sp³-hybridized carbons (Fsp3) is 0.0625. The summed E-state index contributed by atoms with van der Waals surface area (Å²) >= 11 is 2.15. The van der Waals surface area contributed by atoms with Crippen molar-refractivity contribution in [2.24, 2.45) is 0 Å². The van der Waals surface area contributed by atoms with Gasteiger partial charge in [-0.3, -0.25) is 0 Å². The Morgan fingerprint density at radius 2 is 1.95 bits per heavy atom. The number of carbonyl (C=O) groups excluding carboxylic acids is 1. The van der Waals surface area contributed by atoms with Crippen LogP contribution in [0, 0.1) is 3.57 Å². The van der Waals surface area contributed by atoms with Crippen molar-refractivity contribution >= 4 is 34.6 Å². The fourth-order valence-corrected chi connectivity index (χ4v) is 2.47. The number of ether oxygens (including phenoxy) is 2. The van der Waals surface area contributed by atoms with E-state index < -0.39 is 5.97 Å². The van der Waals surface area contributed by atoms with Crippen molar-refractivity contribution in [1.82, 2.24) is 0 Å². The van der Waals surface area contributed by atoms with Crippen molar-refractivity contribution in [2.45, 2.75) is 0 Å². The second-order valence-electron chi connectivity index (χ2n) is 4.15. The van der Waals surface area contributed by atoms with Crippen LogP contribution in [0.15, 0.2) is 43.0 Å². The lowest BCUT2D eigenvalue weighted by Gasteiger charge is -2.13. The van der Waals surface area contributed by atoms with Crippen LogP contribution in [0.5, 0.6) is 17.2 Å². The Bertz CT molecular complexity index is 677. The first-order valence-corrected chi connectivity index (χ1v) is 7.12. The summed E-state index contributed by atoms with van der Waals surface area (Å²) in [5.74, 6) is 0.456. The first kappa shape index (κ1) is 15.4. The molecule has 0 saturated heterocycles. The second kappa shape index (κ2) is 6.62. The molecule has 0 amide bonds. The highest BCUT2D eigenvalue weighted by Crippen LogP contribution is 2.37. The molecule has 2 aromatic carbocycles. The summed E-state index contributed by atoms with van der Waals surface area (Å²) in [4.78, 5) is 10.7. The molecule has 4 nitrogen and oxygen atoms in total. The number of carboxylic acids is 1. The van der Waals surface area contributed by atoms with E-state index in [-0.39, 0.29) is 5.56 Å². The average molecular weight is 395 g/mol. The molecule has 0 aliphatic carbocycles. The first-order chi connectivity index (χ1) is 10.0. The maximum Gasteiger partial charge on any atom is 0.182 e. The smallest absolute Gasteiger partial charge is 0.182 e. The van der Waals surface area contributed by atoms with Crippen molar-refractivity contribution < 1.29 is 19.4 Å². The Morgan fingerprint density at radius 3 is 2.48 bits per heavy atom. The number of carboxylic acid groups (broad SMARTS) is 1. The minimum Gasteiger partial charge on any atom is -0.545 e. The van der Waals surface area contributed by atoms with Crippen molar-refractivity contribution in [3.05, 3.63) is 57.7 Å². The van der Waals surface area contributed by atoms with E-state index in [0.717, 1.165) is 9.13 Å². The molecule has 0 aromatic heterocycles. The van der Waals surface area contributed by atoms with Gasteiger partial charge in [-0.05, 0) is 70.1 Å². The summed E-state index contributed by atoms with van der Waals surface area (Å²) in [6.07, 6.45) is 1.73. The molecule has 0 atom stereocenters. The molecule has 0 N–H and O–H groups in total. The van der Waals surface area contributed by atoms with E-state index in [0.29, 0.717) is 17.2 Å². The van der Waals surface area contributed by atoms with E-state index >= 15 is 0 Å². The van der Waals surface area contributed by atoms with Gasteiger partial charge in [-0.25, -0.2) is 0 Å². The highest BCUT2D eigenvalue weighted by atomic mass is 127. The van der Waals surface area contributed by atoms with Crippen molar-refractivity contribution in [3.8, 4) is 17.2 Å². The lowest BCUT2D eigenvalue weighted by atomic mass is 10.2. The molecule has 108 valence electrons. The van der Waals surface area contributed by atoms with Gasteiger partial charge in [0.2, 0.25) is 0 Å². The minimum absolute atomic E-state index is 0.103. The minimum atomic E-state index is -1.22. The number of hydrogen-bond donors (Lipinski definition) is 0. The van der Waals surface area contributed by atoms with E-state index in [1.807, 2.05) is 12.1 Å². The third-order valence-corrected chi connectivity index (χ3v) is 3.60. The molecule has 0 spiro atoms. The summed E-state index contributed by atoms with van der Waals surface area (Å²) < 4.78 is 12.0. The summed E-state index contributed by atoms with van der Waals surface area (Å²) in [5, 5.41) is 10.7. The molecule has 0 radical (unpaired) electrons. The number of hydrogen-bond acceptors (Lipinski definition) is 4. The largest absolute Gasteiger partial charge is 0.545 e. The van der Waals surface area contributed by atoms with Crippen LogP contribution in [0.4, 0.5) is 0 Å². The van der Waals surface area contributed by atoms with E-state index in [2.05, 4.69) is 29.2 Å². The molecule has 0 aliphatic heterocycles. The quantitative estimate of drug-likeness (QED) is 0.731. The molecular weight excluding hydrogens is 383 g/mol. The Hall–Kier alpha value is -2.02. The summed E-state index contributed by atoms with van der Waals surface area (Å²) in [6.45, 7) is 3.73. The van der Waals surface area contributed by atoms with Crippen LogP contribution >= 0.6 is 22.6 Å². The molecule has 0 saturated carbocycles. The van der Waals surface area contributed by atoms with Crippen molar-refractivity contribution in [1.29, 1.82) is 0 Å². The van der Waals surface area contributed by atoms with Crippen LogP contribution in [0.1, 0.15) is 15.9 Å². The molecular formula is C16H12IO4-. The summed E-state index contributed by atoms with van der Waals surface area (Å²) in [5.41, 5.74) is 1.03. The summed E-state index contributed by atoms with van der Waals surface area (Å²) in [6, 6.07) is 9.75. The molecule has 21 heavy (non-hydrogen) atoms. The number of methoxy groups -OCH3 is 1. The standard InChI is InChI=1S/C16H13IO4/c1-3-10-8-13(17)15(14(9-10)20-2)21-12-6-4-11(5-7-12)16(18)19/h3-9H,1H2,2H3,(H,18,19)/p-1. The maximum absolute atomic E-state index is 10.7. The van der Waals surface area contributed by atoms with Crippen LogP contribution in [-0.2, 0) is 0 Å². The maximum atomic E-state index is 10.7. The van der Waals surface area contributed by atoms with Crippen LogP contribution in [0.25, 0.3) is 6.08 Å². The lowest BCUT2D eigenvalue weighted by molar-refractivity contribution is -0.255. The normalized spacial score (nSPS) is 10.0. The van der Waals surface area contributed by atoms with Gasteiger partial charge in [-0.1, -0.05) is 12.7 Å². The number of carbonyl (C=O) groups is 1. The van der Waals surface area contributed by atoms with E-state index in [9.17, 15) is 9.90 Å². The van der Waals surface area contributed by atoms with Gasteiger partial charge in [-0.15, -0.1) is 0 Å². The highest BCUT2D eigenvalue weighted by molar-refractivity contribution is 14.1. The molecule has 5 heteroatoms. The Balaban J connectivity index is 2.34. The third-order valence-electron chi connectivity index (χ3n) is 2.80. The first-order valence-electron chi connectivity index (χ1n) is 6.04. The number of benzene rings is 2. The number of aromatic carboxylic acids is 1. The SMILES string of the molecule is C=Cc1cc(I)c(Oc2ccc(C(=O)[O-])cc2)c(OC)c1. The zero-order chi connectivity index (χ0) is 15.4. The monoisotopic (exact) mass is 395 g/mol. The molecule has 2 aromatic rings. The number of rotatable bonds is 5. The van der Waals surface area contributed by atoms with Gasteiger partial charge in [0.25, 0.3) is 0 Å². The van der Waals surface area contributed by atoms with E-state index in [4.69, 9.17) is 9.47 Å². The van der Waals surface area contributed by atoms with Crippen molar-refractivity contribution in [2.75, 3.05) is 7.11 Å². The average Bonchev–Trinajstić information content (AvgIpc) is 2.49. The molecule has 2 rings (SSSR count). The van der Waals surface area contributed by atoms with Gasteiger partial charge in [0.15, 0.2) is 11.5 Å². The Morgan fingerprint density at radius 1 is 1.29 bits per heavy atom. The van der Waals surface area contributed by atoms with Gasteiger partial charge >= 0.3 is 0 Å². The molecule has 0 heterocycles. The van der Waals surface area contributed by atoms with Gasteiger partial charge in [0.05, 0.1) is 16.6 Å². The predicted molar refractivity (Wildman–Crippen MR) is 86.6 cm³/mol. The zero-order valence-electron chi connectivity index (χ0n) is 11.3. The zero-order valence-corrected chi connectivity index (χ0v) is 13.4. The third kappa shape index (κ3) is 3.55. The Kier molecular flexibility index (Phi) is 4.85. The van der Waals surface area contributed by atoms with Crippen LogP contribution in [-0.4, -0.2) is 13.1 Å². The molecule has 0 fully saturated rings. The van der Waals surface area contributed by atoms with Crippen molar-refractivity contribution in [3.63, 3.8) is 0 Å². The predicted octanol–water partition coefficient (Wildman–Crippen LogP) is 3.10. The van der Waals surface area contributed by atoms with Crippen LogP contribution < -0.4 is 14.6 Å². The Labute approximate surface area is 136 Å². The topological polar surface area (TPSA) is 58.6 Å². The molecule has 0 unspecified atom stereocenters. The summed E-state index contributed by atoms with van der Waals surface area (Å²) in [7, 11) is 1.56. The van der Waals surface area contributed by atoms with E-state index in [1.54, 1.807) is 25.3 Å². The second-order valence-corrected chi connectivity index (χ2v) is 5.31. The van der Waals surface area contributed by atoms with Gasteiger partial charge < -0.3 is 19.4 Å². The molecule has 0 aliphatic rings. The van der Waals surface area contributed by atoms with Gasteiger partial charge in [-0.2, -0.15) is 0 Å². The van der Waals surface area contributed by atoms with Gasteiger partial charge in [0, 0.05) is 0 Å². The number of halogens is 1. The van der Waals surface area contributed by atoms with Gasteiger partial charge in [0.1, 0.15) is 5.75 Å². The molecule has 0 bridgehead atoms. The fourth-order valence-electron chi connectivity index (χ4n) is 1.73. The van der Waals surface area contributed by atoms with E-state index in [1.165, 1.54) is 12.1 Å². The van der Waals surface area contributed by atoms with Crippen LogP contribution in [0.3, 0.4) is 0 Å².